The summed E-state index contributed by atoms with van der Waals surface area (Å²) in [5, 5.41) is 24.8. The number of aliphatic hydroxyl groups excluding tert-OH is 1. The molecule has 4 rings (SSSR count). The number of hydrogen-bond acceptors (Lipinski definition) is 10. The minimum atomic E-state index is -4.16. The number of nitrogens with zero attached hydrogens (tertiary/aromatic N) is 3. The van der Waals surface area contributed by atoms with Gasteiger partial charge in [0.25, 0.3) is 0 Å². The van der Waals surface area contributed by atoms with E-state index >= 15 is 0 Å². The first-order valence-corrected chi connectivity index (χ1v) is 18.1. The molecule has 0 fully saturated rings. The topological polar surface area (TPSA) is 174 Å². The molecule has 1 heterocycles. The highest BCUT2D eigenvalue weighted by Crippen LogP contribution is 2.28. The Morgan fingerprint density at radius 1 is 1.14 bits per heavy atom. The SMILES string of the molecule is CN=CC(CN(C(CO)CCc1ccccc1NC(=O)C(Cc1ccccc1Cl)NC(=O)OC)S(=O)(=O)c1ccc2ncsc2c1)C(C)=N. The summed E-state index contributed by atoms with van der Waals surface area (Å²) in [7, 11) is -1.40. The molecule has 3 atom stereocenters. The number of hydrogen-bond donors (Lipinski definition) is 4. The highest BCUT2D eigenvalue weighted by Gasteiger charge is 2.34. The zero-order valence-corrected chi connectivity index (χ0v) is 29.7. The number of halogens is 1. The number of rotatable bonds is 16. The summed E-state index contributed by atoms with van der Waals surface area (Å²) in [4.78, 5) is 34.0. The number of fused-ring (bicyclic) bond motifs is 1. The number of carbonyl (C=O) groups is 2. The van der Waals surface area contributed by atoms with E-state index in [1.165, 1.54) is 35.0 Å². The molecule has 1 aromatic heterocycles. The number of nitrogens with one attached hydrogen (secondary N) is 3. The minimum absolute atomic E-state index is 0.0489. The second-order valence-corrected chi connectivity index (χ2v) is 14.4. The number of carbonyl (C=O) groups excluding carboxylic acids is 2. The maximum absolute atomic E-state index is 14.2. The van der Waals surface area contributed by atoms with Crippen molar-refractivity contribution in [1.82, 2.24) is 14.6 Å². The lowest BCUT2D eigenvalue weighted by molar-refractivity contribution is -0.118. The molecule has 0 saturated carbocycles. The number of sulfonamides is 1. The highest BCUT2D eigenvalue weighted by atomic mass is 35.5. The lowest BCUT2D eigenvalue weighted by Gasteiger charge is -2.32. The quantitative estimate of drug-likeness (QED) is 0.115. The molecule has 12 nitrogen and oxygen atoms in total. The van der Waals surface area contributed by atoms with E-state index in [2.05, 4.69) is 20.6 Å². The van der Waals surface area contributed by atoms with Gasteiger partial charge in [-0.2, -0.15) is 4.31 Å². The van der Waals surface area contributed by atoms with Crippen LogP contribution in [-0.4, -0.2) is 86.1 Å². The van der Waals surface area contributed by atoms with Crippen LogP contribution < -0.4 is 10.6 Å². The van der Waals surface area contributed by atoms with Crippen LogP contribution in [0.3, 0.4) is 0 Å². The van der Waals surface area contributed by atoms with Crippen LogP contribution in [0.25, 0.3) is 10.2 Å². The van der Waals surface area contributed by atoms with Crippen molar-refractivity contribution in [2.75, 3.05) is 32.6 Å². The Morgan fingerprint density at radius 2 is 1.86 bits per heavy atom. The molecule has 15 heteroatoms. The second kappa shape index (κ2) is 17.4. The third-order valence-electron chi connectivity index (χ3n) is 7.99. The van der Waals surface area contributed by atoms with Gasteiger partial charge < -0.3 is 30.9 Å². The van der Waals surface area contributed by atoms with Crippen LogP contribution in [0.1, 0.15) is 24.5 Å². The zero-order chi connectivity index (χ0) is 35.6. The van der Waals surface area contributed by atoms with Gasteiger partial charge >= 0.3 is 6.09 Å². The van der Waals surface area contributed by atoms with Gasteiger partial charge in [-0.15, -0.1) is 11.3 Å². The fourth-order valence-electron chi connectivity index (χ4n) is 5.27. The van der Waals surface area contributed by atoms with Crippen LogP contribution in [0, 0.1) is 11.3 Å². The number of amides is 2. The van der Waals surface area contributed by atoms with Crippen LogP contribution in [0.4, 0.5) is 10.5 Å². The average molecular weight is 727 g/mol. The first-order chi connectivity index (χ1) is 23.5. The molecular weight excluding hydrogens is 688 g/mol. The van der Waals surface area contributed by atoms with E-state index in [4.69, 9.17) is 21.7 Å². The third kappa shape index (κ3) is 9.70. The smallest absolute Gasteiger partial charge is 0.407 e. The number of benzene rings is 3. The van der Waals surface area contributed by atoms with Gasteiger partial charge in [0.1, 0.15) is 6.04 Å². The van der Waals surface area contributed by atoms with E-state index in [9.17, 15) is 23.1 Å². The Bertz CT molecular complexity index is 1920. The summed E-state index contributed by atoms with van der Waals surface area (Å²) >= 11 is 7.65. The summed E-state index contributed by atoms with van der Waals surface area (Å²) in [6.07, 6.45) is 1.30. The zero-order valence-electron chi connectivity index (χ0n) is 27.3. The minimum Gasteiger partial charge on any atom is -0.453 e. The fourth-order valence-corrected chi connectivity index (χ4v) is 7.97. The number of aromatic nitrogens is 1. The number of aliphatic hydroxyl groups is 1. The van der Waals surface area contributed by atoms with E-state index in [1.54, 1.807) is 80.1 Å². The Kier molecular flexibility index (Phi) is 13.4. The van der Waals surface area contributed by atoms with Crippen molar-refractivity contribution in [3.05, 3.63) is 88.4 Å². The monoisotopic (exact) mass is 726 g/mol. The van der Waals surface area contributed by atoms with Gasteiger partial charge in [-0.3, -0.25) is 4.79 Å². The molecule has 0 aliphatic carbocycles. The van der Waals surface area contributed by atoms with Crippen LogP contribution in [0.5, 0.6) is 0 Å². The molecule has 4 N–H and O–H groups in total. The Labute approximate surface area is 294 Å². The van der Waals surface area contributed by atoms with Crippen molar-refractivity contribution >= 4 is 72.8 Å². The van der Waals surface area contributed by atoms with Gasteiger partial charge in [0.2, 0.25) is 15.9 Å². The molecule has 0 radical (unpaired) electrons. The van der Waals surface area contributed by atoms with E-state index in [1.807, 2.05) is 0 Å². The molecule has 0 bridgehead atoms. The maximum atomic E-state index is 14.2. The number of anilines is 1. The average Bonchev–Trinajstić information content (AvgIpc) is 3.57. The van der Waals surface area contributed by atoms with Gasteiger partial charge in [-0.1, -0.05) is 48.0 Å². The summed E-state index contributed by atoms with van der Waals surface area (Å²) in [5.74, 6) is -1.13. The molecule has 0 aliphatic heterocycles. The first-order valence-electron chi connectivity index (χ1n) is 15.4. The summed E-state index contributed by atoms with van der Waals surface area (Å²) in [6, 6.07) is 16.8. The molecule has 3 unspecified atom stereocenters. The third-order valence-corrected chi connectivity index (χ3v) is 11.1. The Balaban J connectivity index is 1.60. The molecule has 3 aromatic carbocycles. The number of alkyl carbamates (subject to hydrolysis) is 1. The van der Waals surface area contributed by atoms with Gasteiger partial charge in [-0.25, -0.2) is 18.2 Å². The van der Waals surface area contributed by atoms with Crippen molar-refractivity contribution < 1.29 is 27.9 Å². The predicted molar refractivity (Wildman–Crippen MR) is 194 cm³/mol. The van der Waals surface area contributed by atoms with E-state index < -0.39 is 46.6 Å². The van der Waals surface area contributed by atoms with Crippen molar-refractivity contribution in [2.45, 2.75) is 43.2 Å². The van der Waals surface area contributed by atoms with Crippen LogP contribution >= 0.6 is 22.9 Å². The van der Waals surface area contributed by atoms with Gasteiger partial charge in [0, 0.05) is 54.6 Å². The standard InChI is InChI=1S/C34H39ClN6O6S2/c1-22(36)25(18-37-2)19-41(49(45,46)27-14-15-30-32(17-27)48-21-38-30)26(20-42)13-12-23-8-5-7-11-29(23)39-33(43)31(40-34(44)47-3)16-24-9-4-6-10-28(24)35/h4-11,14-15,17-18,21,25-26,31,36,42H,12-13,16,19-20H2,1-3H3,(H,39,43)(H,40,44). The summed E-state index contributed by atoms with van der Waals surface area (Å²) in [5.41, 5.74) is 4.33. The van der Waals surface area contributed by atoms with Crippen molar-refractivity contribution in [3.8, 4) is 0 Å². The number of para-hydroxylation sites is 1. The first kappa shape index (κ1) is 37.6. The lowest BCUT2D eigenvalue weighted by Crippen LogP contribution is -2.46. The Hall–Kier alpha value is -4.21. The maximum Gasteiger partial charge on any atom is 0.407 e. The number of methoxy groups -OCH3 is 1. The largest absolute Gasteiger partial charge is 0.453 e. The number of aliphatic imine (C=N–C) groups is 1. The van der Waals surface area contributed by atoms with Crippen molar-refractivity contribution in [1.29, 1.82) is 5.41 Å². The van der Waals surface area contributed by atoms with E-state index in [0.29, 0.717) is 32.1 Å². The molecule has 4 aromatic rings. The molecule has 0 spiro atoms. The lowest BCUT2D eigenvalue weighted by atomic mass is 10.0. The van der Waals surface area contributed by atoms with Crippen LogP contribution in [0.15, 0.2) is 82.1 Å². The van der Waals surface area contributed by atoms with Gasteiger partial charge in [-0.05, 0) is 61.2 Å². The van der Waals surface area contributed by atoms with Crippen molar-refractivity contribution in [2.24, 2.45) is 10.9 Å². The second-order valence-electron chi connectivity index (χ2n) is 11.3. The normalized spacial score (nSPS) is 13.7. The van der Waals surface area contributed by atoms with Crippen LogP contribution in [0.2, 0.25) is 5.02 Å². The molecule has 0 aliphatic rings. The van der Waals surface area contributed by atoms with E-state index in [0.717, 1.165) is 0 Å². The Morgan fingerprint density at radius 3 is 2.53 bits per heavy atom. The summed E-state index contributed by atoms with van der Waals surface area (Å²) < 4.78 is 35.1. The number of ether oxygens (including phenoxy) is 1. The molecule has 2 amide bonds. The van der Waals surface area contributed by atoms with Crippen LogP contribution in [-0.2, 0) is 32.4 Å². The molecule has 0 saturated heterocycles. The molecular formula is C34H39ClN6O6S2. The van der Waals surface area contributed by atoms with Gasteiger partial charge in [0.05, 0.1) is 34.3 Å². The fraction of sp³-hybridized carbons (Fsp3) is 0.324. The van der Waals surface area contributed by atoms with Gasteiger partial charge in [0.15, 0.2) is 0 Å². The number of thiazole rings is 1. The summed E-state index contributed by atoms with van der Waals surface area (Å²) in [6.45, 7) is 0.982. The highest BCUT2D eigenvalue weighted by molar-refractivity contribution is 7.89. The van der Waals surface area contributed by atoms with E-state index in [-0.39, 0.29) is 36.4 Å². The van der Waals surface area contributed by atoms with Crippen molar-refractivity contribution in [3.63, 3.8) is 0 Å². The number of aryl methyl sites for hydroxylation is 1. The molecule has 49 heavy (non-hydrogen) atoms. The molecule has 260 valence electrons. The predicted octanol–water partition coefficient (Wildman–Crippen LogP) is 5.20.